The fourth-order valence-electron chi connectivity index (χ4n) is 7.18. The third-order valence-electron chi connectivity index (χ3n) is 8.83. The number of piperidine rings is 1. The van der Waals surface area contributed by atoms with Gasteiger partial charge in [0.05, 0.1) is 17.6 Å². The van der Waals surface area contributed by atoms with E-state index in [1.54, 1.807) is 17.2 Å². The highest BCUT2D eigenvalue weighted by Gasteiger charge is 2.37. The number of rotatable bonds is 11. The molecule has 11 heteroatoms. The molecule has 258 valence electrons. The molecule has 0 spiro atoms. The molecule has 0 radical (unpaired) electrons. The summed E-state index contributed by atoms with van der Waals surface area (Å²) in [5.74, 6) is 1.57. The van der Waals surface area contributed by atoms with Gasteiger partial charge in [0, 0.05) is 50.0 Å². The predicted molar refractivity (Wildman–Crippen MR) is 188 cm³/mol. The third-order valence-corrected chi connectivity index (χ3v) is 8.83. The molecule has 2 aromatic heterocycles. The quantitative estimate of drug-likeness (QED) is 0.153. The van der Waals surface area contributed by atoms with Crippen LogP contribution in [0.3, 0.4) is 0 Å². The van der Waals surface area contributed by atoms with Gasteiger partial charge in [-0.2, -0.15) is 4.98 Å². The van der Waals surface area contributed by atoms with Gasteiger partial charge in [-0.3, -0.25) is 0 Å². The van der Waals surface area contributed by atoms with Gasteiger partial charge in [0.15, 0.2) is 0 Å². The van der Waals surface area contributed by atoms with Gasteiger partial charge >= 0.3 is 6.09 Å². The van der Waals surface area contributed by atoms with Crippen LogP contribution in [0, 0.1) is 11.2 Å². The highest BCUT2D eigenvalue weighted by atomic mass is 19.1. The second-order valence-electron chi connectivity index (χ2n) is 14.8. The van der Waals surface area contributed by atoms with E-state index in [9.17, 15) is 9.18 Å². The van der Waals surface area contributed by atoms with Crippen molar-refractivity contribution in [3.63, 3.8) is 0 Å². The summed E-state index contributed by atoms with van der Waals surface area (Å²) in [5, 5.41) is 0. The molecule has 1 fully saturated rings. The molecule has 1 amide bonds. The van der Waals surface area contributed by atoms with Crippen molar-refractivity contribution in [1.29, 1.82) is 0 Å². The van der Waals surface area contributed by atoms with Crippen molar-refractivity contribution in [2.75, 3.05) is 36.7 Å². The maximum Gasteiger partial charge on any atom is 0.413 e. The van der Waals surface area contributed by atoms with Crippen LogP contribution in [0.1, 0.15) is 73.3 Å². The topological polar surface area (TPSA) is 88.9 Å². The van der Waals surface area contributed by atoms with E-state index in [1.165, 1.54) is 12.1 Å². The predicted octanol–water partition coefficient (Wildman–Crippen LogP) is 7.52. The molecule has 0 unspecified atom stereocenters. The average Bonchev–Trinajstić information content (AvgIpc) is 3.38. The van der Waals surface area contributed by atoms with E-state index < -0.39 is 6.09 Å². The van der Waals surface area contributed by atoms with Crippen LogP contribution in [0.4, 0.5) is 21.1 Å². The lowest BCUT2D eigenvalue weighted by Gasteiger charge is -2.43. The Morgan fingerprint density at radius 1 is 1.00 bits per heavy atom. The average molecular weight is 660 g/mol. The Labute approximate surface area is 283 Å². The second kappa shape index (κ2) is 14.4. The first-order chi connectivity index (χ1) is 22.7. The number of halogens is 1. The molecule has 0 atom stereocenters. The number of ether oxygens (including phenoxy) is 2. The van der Waals surface area contributed by atoms with Gasteiger partial charge in [-0.1, -0.05) is 45.0 Å². The Hall–Kier alpha value is -4.41. The van der Waals surface area contributed by atoms with E-state index >= 15 is 0 Å². The number of benzene rings is 2. The zero-order valence-corrected chi connectivity index (χ0v) is 29.6. The Kier molecular flexibility index (Phi) is 10.5. The number of fused-ring (bicyclic) bond motifs is 1. The van der Waals surface area contributed by atoms with E-state index in [0.29, 0.717) is 18.4 Å². The molecular weight excluding hydrogens is 609 g/mol. The molecule has 1 saturated heterocycles. The van der Waals surface area contributed by atoms with E-state index in [2.05, 4.69) is 65.0 Å². The van der Waals surface area contributed by atoms with E-state index in [-0.39, 0.29) is 35.6 Å². The lowest BCUT2D eigenvalue weighted by Crippen LogP contribution is -2.53. The van der Waals surface area contributed by atoms with Gasteiger partial charge < -0.3 is 28.7 Å². The smallest absolute Gasteiger partial charge is 0.413 e. The molecule has 0 N–H and O–H groups in total. The van der Waals surface area contributed by atoms with E-state index in [4.69, 9.17) is 14.5 Å². The summed E-state index contributed by atoms with van der Waals surface area (Å²) in [4.78, 5) is 33.5. The van der Waals surface area contributed by atoms with Crippen molar-refractivity contribution in [3.05, 3.63) is 72.2 Å². The number of aromatic nitrogens is 4. The first-order valence-electron chi connectivity index (χ1n) is 16.8. The van der Waals surface area contributed by atoms with E-state index in [1.807, 2.05) is 51.2 Å². The molecule has 3 heterocycles. The lowest BCUT2D eigenvalue weighted by molar-refractivity contribution is -0.00598. The van der Waals surface area contributed by atoms with Crippen LogP contribution in [0.25, 0.3) is 11.0 Å². The standard InChI is InChI=1S/C37H50FN7O3/c1-26(2)45(37(6,7)24-36(3,4)5)35(46)48-25-47-32-17-20-39-33(41-32)42(8)29-18-21-43(22-19-29)34-40-30-11-9-10-12-31(30)44(34)23-27-13-15-28(38)16-14-27/h9-17,20,26,29H,18-19,21-25H2,1-8H3. The monoisotopic (exact) mass is 659 g/mol. The SMILES string of the molecule is CC(C)N(C(=O)OCOc1ccnc(N(C)C2CCN(c3nc4ccccc4n3Cc3ccc(F)cc3)CC2)n1)C(C)(C)CC(C)(C)C. The molecule has 0 bridgehead atoms. The fraction of sp³-hybridized carbons (Fsp3) is 0.514. The maximum atomic E-state index is 13.6. The molecule has 2 aromatic carbocycles. The highest BCUT2D eigenvalue weighted by molar-refractivity contribution is 5.79. The number of anilines is 2. The van der Waals surface area contributed by atoms with Crippen molar-refractivity contribution in [1.82, 2.24) is 24.4 Å². The van der Waals surface area contributed by atoms with E-state index in [0.717, 1.165) is 54.9 Å². The fourth-order valence-corrected chi connectivity index (χ4v) is 7.18. The van der Waals surface area contributed by atoms with Gasteiger partial charge in [0.2, 0.25) is 24.6 Å². The molecule has 10 nitrogen and oxygen atoms in total. The van der Waals surface area contributed by atoms with Crippen LogP contribution >= 0.6 is 0 Å². The van der Waals surface area contributed by atoms with Crippen LogP contribution in [0.15, 0.2) is 60.8 Å². The summed E-state index contributed by atoms with van der Waals surface area (Å²) in [5.41, 5.74) is 2.67. The molecule has 0 saturated carbocycles. The lowest BCUT2D eigenvalue weighted by atomic mass is 9.80. The van der Waals surface area contributed by atoms with Crippen molar-refractivity contribution in [2.45, 2.75) is 91.9 Å². The Balaban J connectivity index is 1.19. The van der Waals surface area contributed by atoms with Gasteiger partial charge in [-0.25, -0.2) is 19.2 Å². The summed E-state index contributed by atoms with van der Waals surface area (Å²) in [7, 11) is 2.00. The van der Waals surface area contributed by atoms with Gasteiger partial charge in [0.1, 0.15) is 5.82 Å². The minimum atomic E-state index is -0.413. The van der Waals surface area contributed by atoms with Crippen LogP contribution in [0.2, 0.25) is 0 Å². The zero-order chi connectivity index (χ0) is 34.6. The van der Waals surface area contributed by atoms with Gasteiger partial charge in [-0.05, 0) is 82.2 Å². The number of carbonyl (C=O) groups excluding carboxylic acids is 1. The molecule has 1 aliphatic rings. The number of nitrogens with zero attached hydrogens (tertiary/aromatic N) is 7. The van der Waals surface area contributed by atoms with Crippen molar-refractivity contribution < 1.29 is 18.7 Å². The zero-order valence-electron chi connectivity index (χ0n) is 29.6. The number of amides is 1. The molecule has 5 rings (SSSR count). The van der Waals surface area contributed by atoms with Crippen LogP contribution in [-0.2, 0) is 11.3 Å². The van der Waals surface area contributed by atoms with Gasteiger partial charge in [0.25, 0.3) is 0 Å². The number of imidazole rings is 1. The first kappa shape index (κ1) is 34.9. The van der Waals surface area contributed by atoms with Crippen molar-refractivity contribution in [3.8, 4) is 5.88 Å². The summed E-state index contributed by atoms with van der Waals surface area (Å²) >= 11 is 0. The maximum absolute atomic E-state index is 13.6. The molecule has 0 aliphatic carbocycles. The third kappa shape index (κ3) is 8.35. The van der Waals surface area contributed by atoms with Crippen molar-refractivity contribution >= 4 is 29.0 Å². The number of hydrogen-bond acceptors (Lipinski definition) is 8. The Morgan fingerprint density at radius 2 is 1.69 bits per heavy atom. The molecular formula is C37H50FN7O3. The molecule has 1 aliphatic heterocycles. The van der Waals surface area contributed by atoms with Crippen LogP contribution < -0.4 is 14.5 Å². The minimum absolute atomic E-state index is 0.0329. The summed E-state index contributed by atoms with van der Waals surface area (Å²) in [6, 6.07) is 16.6. The first-order valence-corrected chi connectivity index (χ1v) is 16.8. The highest BCUT2D eigenvalue weighted by Crippen LogP contribution is 2.33. The molecule has 4 aromatic rings. The molecule has 48 heavy (non-hydrogen) atoms. The summed E-state index contributed by atoms with van der Waals surface area (Å²) < 4.78 is 27.2. The second-order valence-corrected chi connectivity index (χ2v) is 14.8. The van der Waals surface area contributed by atoms with Crippen LogP contribution in [-0.4, -0.2) is 75.1 Å². The summed E-state index contributed by atoms with van der Waals surface area (Å²) in [6.07, 6.45) is 3.85. The number of carbonyl (C=O) groups is 1. The Morgan fingerprint density at radius 3 is 2.35 bits per heavy atom. The number of para-hydroxylation sites is 2. The van der Waals surface area contributed by atoms with Crippen LogP contribution in [0.5, 0.6) is 5.88 Å². The number of hydrogen-bond donors (Lipinski definition) is 0. The largest absolute Gasteiger partial charge is 0.440 e. The minimum Gasteiger partial charge on any atom is -0.440 e. The van der Waals surface area contributed by atoms with Crippen molar-refractivity contribution in [2.24, 2.45) is 5.41 Å². The van der Waals surface area contributed by atoms with Gasteiger partial charge in [-0.15, -0.1) is 0 Å². The Bertz CT molecular complexity index is 1670. The summed E-state index contributed by atoms with van der Waals surface area (Å²) in [6.45, 7) is 16.6. The normalized spacial score (nSPS) is 14.4.